The molecule has 0 aliphatic carbocycles. The highest BCUT2D eigenvalue weighted by Gasteiger charge is 2.20. The van der Waals surface area contributed by atoms with Crippen molar-refractivity contribution in [2.75, 3.05) is 26.7 Å². The van der Waals surface area contributed by atoms with Crippen molar-refractivity contribution >= 4 is 5.97 Å². The average Bonchev–Trinajstić information content (AvgIpc) is 2.41. The molecular formula is C15H21NO3. The SMILES string of the molecule is COc1ccc(CC2CCN(CC(=O)O)CC2)cc1. The van der Waals surface area contributed by atoms with E-state index in [1.807, 2.05) is 17.0 Å². The normalized spacial score (nSPS) is 17.3. The Labute approximate surface area is 114 Å². The summed E-state index contributed by atoms with van der Waals surface area (Å²) in [5.74, 6) is 0.826. The zero-order valence-electron chi connectivity index (χ0n) is 11.3. The van der Waals surface area contributed by atoms with Gasteiger partial charge in [-0.3, -0.25) is 9.69 Å². The third-order valence-electron chi connectivity index (χ3n) is 3.75. The van der Waals surface area contributed by atoms with Crippen molar-refractivity contribution in [1.82, 2.24) is 4.90 Å². The van der Waals surface area contributed by atoms with Crippen molar-refractivity contribution in [2.24, 2.45) is 5.92 Å². The summed E-state index contributed by atoms with van der Waals surface area (Å²) in [5.41, 5.74) is 1.33. The summed E-state index contributed by atoms with van der Waals surface area (Å²) in [5, 5.41) is 8.76. The van der Waals surface area contributed by atoms with Gasteiger partial charge in [0.25, 0.3) is 0 Å². The second kappa shape index (κ2) is 6.57. The quantitative estimate of drug-likeness (QED) is 0.883. The molecule has 1 N–H and O–H groups in total. The van der Waals surface area contributed by atoms with E-state index in [0.29, 0.717) is 5.92 Å². The van der Waals surface area contributed by atoms with E-state index >= 15 is 0 Å². The maximum atomic E-state index is 10.6. The molecule has 4 nitrogen and oxygen atoms in total. The molecule has 19 heavy (non-hydrogen) atoms. The van der Waals surface area contributed by atoms with Crippen molar-refractivity contribution in [3.05, 3.63) is 29.8 Å². The molecule has 1 aliphatic heterocycles. The van der Waals surface area contributed by atoms with Gasteiger partial charge in [0.2, 0.25) is 0 Å². The summed E-state index contributed by atoms with van der Waals surface area (Å²) in [7, 11) is 1.67. The van der Waals surface area contributed by atoms with Gasteiger partial charge in [0.1, 0.15) is 5.75 Å². The van der Waals surface area contributed by atoms with Gasteiger partial charge >= 0.3 is 5.97 Å². The molecule has 1 saturated heterocycles. The minimum absolute atomic E-state index is 0.176. The van der Waals surface area contributed by atoms with Gasteiger partial charge < -0.3 is 9.84 Å². The maximum Gasteiger partial charge on any atom is 0.317 e. The number of rotatable bonds is 5. The molecule has 1 aromatic rings. The molecule has 0 atom stereocenters. The molecule has 1 fully saturated rings. The van der Waals surface area contributed by atoms with Crippen LogP contribution >= 0.6 is 0 Å². The minimum Gasteiger partial charge on any atom is -0.497 e. The number of carbonyl (C=O) groups is 1. The lowest BCUT2D eigenvalue weighted by Gasteiger charge is -2.30. The first kappa shape index (κ1) is 13.9. The third-order valence-corrected chi connectivity index (χ3v) is 3.75. The standard InChI is InChI=1S/C15H21NO3/c1-19-14-4-2-12(3-5-14)10-13-6-8-16(9-7-13)11-15(17)18/h2-5,13H,6-11H2,1H3,(H,17,18). The number of ether oxygens (including phenoxy) is 1. The molecule has 0 bridgehead atoms. The van der Waals surface area contributed by atoms with Crippen LogP contribution in [0, 0.1) is 5.92 Å². The molecule has 2 rings (SSSR count). The van der Waals surface area contributed by atoms with Crippen LogP contribution in [0.2, 0.25) is 0 Å². The first-order chi connectivity index (χ1) is 9.17. The highest BCUT2D eigenvalue weighted by Crippen LogP contribution is 2.22. The molecule has 0 spiro atoms. The van der Waals surface area contributed by atoms with Crippen molar-refractivity contribution in [3.8, 4) is 5.75 Å². The Bertz CT molecular complexity index is 408. The number of nitrogens with zero attached hydrogens (tertiary/aromatic N) is 1. The van der Waals surface area contributed by atoms with Crippen LogP contribution in [0.1, 0.15) is 18.4 Å². The Kier molecular flexibility index (Phi) is 4.80. The Balaban J connectivity index is 1.80. The fraction of sp³-hybridized carbons (Fsp3) is 0.533. The number of carboxylic acids is 1. The molecule has 4 heteroatoms. The first-order valence-corrected chi connectivity index (χ1v) is 6.74. The minimum atomic E-state index is -0.728. The van der Waals surface area contributed by atoms with Gasteiger partial charge in [0.15, 0.2) is 0 Å². The number of methoxy groups -OCH3 is 1. The van der Waals surface area contributed by atoms with E-state index in [9.17, 15) is 4.79 Å². The van der Waals surface area contributed by atoms with Gasteiger partial charge in [-0.25, -0.2) is 0 Å². The first-order valence-electron chi connectivity index (χ1n) is 6.74. The van der Waals surface area contributed by atoms with Crippen LogP contribution in [-0.2, 0) is 11.2 Å². The predicted molar refractivity (Wildman–Crippen MR) is 73.5 cm³/mol. The highest BCUT2D eigenvalue weighted by atomic mass is 16.5. The number of hydrogen-bond donors (Lipinski definition) is 1. The van der Waals surface area contributed by atoms with Crippen LogP contribution in [0.3, 0.4) is 0 Å². The molecule has 0 aromatic heterocycles. The molecule has 1 aromatic carbocycles. The molecule has 1 aliphatic rings. The van der Waals surface area contributed by atoms with Gasteiger partial charge in [-0.05, 0) is 56.0 Å². The second-order valence-electron chi connectivity index (χ2n) is 5.17. The Morgan fingerprint density at radius 1 is 1.32 bits per heavy atom. The number of piperidine rings is 1. The van der Waals surface area contributed by atoms with E-state index in [1.165, 1.54) is 5.56 Å². The third kappa shape index (κ3) is 4.24. The van der Waals surface area contributed by atoms with E-state index in [1.54, 1.807) is 7.11 Å². The molecule has 0 radical (unpaired) electrons. The van der Waals surface area contributed by atoms with Crippen LogP contribution in [0.15, 0.2) is 24.3 Å². The van der Waals surface area contributed by atoms with Gasteiger partial charge in [-0.1, -0.05) is 12.1 Å². The number of benzene rings is 1. The van der Waals surface area contributed by atoms with Crippen molar-refractivity contribution in [1.29, 1.82) is 0 Å². The van der Waals surface area contributed by atoms with E-state index in [4.69, 9.17) is 9.84 Å². The number of likely N-dealkylation sites (tertiary alicyclic amines) is 1. The van der Waals surface area contributed by atoms with E-state index < -0.39 is 5.97 Å². The molecule has 1 heterocycles. The second-order valence-corrected chi connectivity index (χ2v) is 5.17. The summed E-state index contributed by atoms with van der Waals surface area (Å²) < 4.78 is 5.15. The molecule has 0 unspecified atom stereocenters. The summed E-state index contributed by atoms with van der Waals surface area (Å²) in [6.45, 7) is 1.97. The molecule has 0 saturated carbocycles. The van der Waals surface area contributed by atoms with Gasteiger partial charge in [-0.2, -0.15) is 0 Å². The summed E-state index contributed by atoms with van der Waals surface area (Å²) in [6.07, 6.45) is 3.24. The van der Waals surface area contributed by atoms with Crippen LogP contribution in [-0.4, -0.2) is 42.7 Å². The van der Waals surface area contributed by atoms with Crippen molar-refractivity contribution in [2.45, 2.75) is 19.3 Å². The zero-order chi connectivity index (χ0) is 13.7. The topological polar surface area (TPSA) is 49.8 Å². The lowest BCUT2D eigenvalue weighted by atomic mass is 9.90. The maximum absolute atomic E-state index is 10.6. The fourth-order valence-corrected chi connectivity index (χ4v) is 2.63. The predicted octanol–water partition coefficient (Wildman–Crippen LogP) is 2.03. The van der Waals surface area contributed by atoms with Crippen molar-refractivity contribution in [3.63, 3.8) is 0 Å². The van der Waals surface area contributed by atoms with E-state index in [-0.39, 0.29) is 6.54 Å². The summed E-state index contributed by atoms with van der Waals surface area (Å²) in [6, 6.07) is 8.22. The highest BCUT2D eigenvalue weighted by molar-refractivity contribution is 5.69. The largest absolute Gasteiger partial charge is 0.497 e. The Morgan fingerprint density at radius 3 is 2.47 bits per heavy atom. The average molecular weight is 263 g/mol. The van der Waals surface area contributed by atoms with Crippen molar-refractivity contribution < 1.29 is 14.6 Å². The summed E-state index contributed by atoms with van der Waals surface area (Å²) >= 11 is 0. The molecule has 104 valence electrons. The molecular weight excluding hydrogens is 242 g/mol. The smallest absolute Gasteiger partial charge is 0.317 e. The van der Waals surface area contributed by atoms with Gasteiger partial charge in [-0.15, -0.1) is 0 Å². The lowest BCUT2D eigenvalue weighted by Crippen LogP contribution is -2.37. The monoisotopic (exact) mass is 263 g/mol. The summed E-state index contributed by atoms with van der Waals surface area (Å²) in [4.78, 5) is 12.7. The molecule has 0 amide bonds. The lowest BCUT2D eigenvalue weighted by molar-refractivity contribution is -0.138. The Morgan fingerprint density at radius 2 is 1.95 bits per heavy atom. The number of hydrogen-bond acceptors (Lipinski definition) is 3. The van der Waals surface area contributed by atoms with Crippen LogP contribution in [0.4, 0.5) is 0 Å². The zero-order valence-corrected chi connectivity index (χ0v) is 11.3. The number of aliphatic carboxylic acids is 1. The van der Waals surface area contributed by atoms with E-state index in [0.717, 1.165) is 38.1 Å². The van der Waals surface area contributed by atoms with Crippen LogP contribution in [0.25, 0.3) is 0 Å². The van der Waals surface area contributed by atoms with Crippen LogP contribution < -0.4 is 4.74 Å². The number of carboxylic acid groups (broad SMARTS) is 1. The van der Waals surface area contributed by atoms with Gasteiger partial charge in [0.05, 0.1) is 13.7 Å². The van der Waals surface area contributed by atoms with E-state index in [2.05, 4.69) is 12.1 Å². The Hall–Kier alpha value is -1.55. The van der Waals surface area contributed by atoms with Crippen LogP contribution in [0.5, 0.6) is 5.75 Å². The fourth-order valence-electron chi connectivity index (χ4n) is 2.63. The van der Waals surface area contributed by atoms with Gasteiger partial charge in [0, 0.05) is 0 Å².